The van der Waals surface area contributed by atoms with E-state index in [1.807, 2.05) is 66.7 Å². The van der Waals surface area contributed by atoms with Crippen molar-refractivity contribution in [3.8, 4) is 36.2 Å². The second kappa shape index (κ2) is 22.6. The Hall–Kier alpha value is -3.93. The molecule has 1 aromatic heterocycles. The number of benzene rings is 2. The molecule has 0 aliphatic heterocycles. The number of pyridine rings is 1. The van der Waals surface area contributed by atoms with E-state index in [2.05, 4.69) is 16.8 Å². The van der Waals surface area contributed by atoms with Crippen molar-refractivity contribution in [2.75, 3.05) is 79.3 Å². The number of nitrogens with zero attached hydrogens (tertiary/aromatic N) is 1. The zero-order valence-electron chi connectivity index (χ0n) is 25.1. The van der Waals surface area contributed by atoms with E-state index in [1.54, 1.807) is 0 Å². The van der Waals surface area contributed by atoms with Gasteiger partial charge >= 0.3 is 0 Å². The lowest BCUT2D eigenvalue weighted by Gasteiger charge is -2.09. The summed E-state index contributed by atoms with van der Waals surface area (Å²) in [4.78, 5) is 4.57. The Morgan fingerprint density at radius 3 is 1.14 bits per heavy atom. The Balaban J connectivity index is 1.08. The van der Waals surface area contributed by atoms with Gasteiger partial charge < -0.3 is 37.9 Å². The molecule has 0 atom stereocenters. The fourth-order valence-corrected chi connectivity index (χ4v) is 3.65. The van der Waals surface area contributed by atoms with E-state index in [-0.39, 0.29) is 0 Å². The number of rotatable bonds is 24. The van der Waals surface area contributed by atoms with Gasteiger partial charge in [0.05, 0.1) is 90.7 Å². The molecule has 0 aliphatic rings. The van der Waals surface area contributed by atoms with Crippen molar-refractivity contribution in [3.05, 3.63) is 89.2 Å². The van der Waals surface area contributed by atoms with E-state index < -0.39 is 0 Å². The standard InChI is InChI=1S/C35H41NO8/c1-3-30-8-12-34(13-9-30)43-26-24-39-18-16-37-20-22-41-28-32-6-5-7-33(36-32)29-42-23-21-38-17-19-40-25-27-44-35-14-10-31(4-2)11-15-35/h1-2,5-15H,16-29H2. The number of aromatic nitrogens is 1. The highest BCUT2D eigenvalue weighted by atomic mass is 16.6. The molecule has 3 rings (SSSR count). The molecule has 0 radical (unpaired) electrons. The van der Waals surface area contributed by atoms with E-state index in [0.717, 1.165) is 34.0 Å². The van der Waals surface area contributed by atoms with Gasteiger partial charge in [-0.15, -0.1) is 12.8 Å². The first-order valence-corrected chi connectivity index (χ1v) is 14.6. The molecule has 44 heavy (non-hydrogen) atoms. The average molecular weight is 604 g/mol. The van der Waals surface area contributed by atoms with Crippen LogP contribution < -0.4 is 9.47 Å². The molecule has 0 saturated carbocycles. The van der Waals surface area contributed by atoms with E-state index in [0.29, 0.717) is 92.5 Å². The van der Waals surface area contributed by atoms with Crippen molar-refractivity contribution in [3.63, 3.8) is 0 Å². The van der Waals surface area contributed by atoms with Gasteiger partial charge in [-0.1, -0.05) is 17.9 Å². The molecule has 0 bridgehead atoms. The lowest BCUT2D eigenvalue weighted by atomic mass is 10.2. The highest BCUT2D eigenvalue weighted by molar-refractivity contribution is 5.37. The highest BCUT2D eigenvalue weighted by Crippen LogP contribution is 2.12. The SMILES string of the molecule is C#Cc1ccc(OCCOCCOCCOCc2cccc(COCCOCCOCCOc3ccc(C#C)cc3)n2)cc1. The summed E-state index contributed by atoms with van der Waals surface area (Å²) in [6, 6.07) is 20.5. The summed E-state index contributed by atoms with van der Waals surface area (Å²) >= 11 is 0. The van der Waals surface area contributed by atoms with Gasteiger partial charge in [0, 0.05) is 11.1 Å². The third-order valence-corrected chi connectivity index (χ3v) is 5.89. The molecule has 0 saturated heterocycles. The van der Waals surface area contributed by atoms with Crippen LogP contribution >= 0.6 is 0 Å². The summed E-state index contributed by atoms with van der Waals surface area (Å²) in [5.41, 5.74) is 3.32. The normalized spacial score (nSPS) is 10.7. The van der Waals surface area contributed by atoms with E-state index >= 15 is 0 Å². The molecule has 9 heteroatoms. The third kappa shape index (κ3) is 15.5. The van der Waals surface area contributed by atoms with Crippen molar-refractivity contribution in [1.29, 1.82) is 0 Å². The minimum absolute atomic E-state index is 0.402. The largest absolute Gasteiger partial charge is 0.491 e. The Bertz CT molecular complexity index is 1160. The minimum Gasteiger partial charge on any atom is -0.491 e. The van der Waals surface area contributed by atoms with Crippen LogP contribution in [0.5, 0.6) is 11.5 Å². The summed E-state index contributed by atoms with van der Waals surface area (Å²) in [7, 11) is 0. The fraction of sp³-hybridized carbons (Fsp3) is 0.400. The Kier molecular flexibility index (Phi) is 17.7. The van der Waals surface area contributed by atoms with Gasteiger partial charge in [-0.05, 0) is 60.7 Å². The molecule has 2 aromatic carbocycles. The molecule has 0 fully saturated rings. The third-order valence-electron chi connectivity index (χ3n) is 5.89. The van der Waals surface area contributed by atoms with Gasteiger partial charge in [0.1, 0.15) is 24.7 Å². The maximum atomic E-state index is 5.67. The molecule has 3 aromatic rings. The van der Waals surface area contributed by atoms with E-state index in [1.165, 1.54) is 0 Å². The van der Waals surface area contributed by atoms with Crippen molar-refractivity contribution >= 4 is 0 Å². The van der Waals surface area contributed by atoms with Crippen molar-refractivity contribution in [2.24, 2.45) is 0 Å². The van der Waals surface area contributed by atoms with Crippen LogP contribution in [0.3, 0.4) is 0 Å². The quantitative estimate of drug-likeness (QED) is 0.110. The second-order valence-electron chi connectivity index (χ2n) is 9.21. The van der Waals surface area contributed by atoms with E-state index in [9.17, 15) is 0 Å². The fourth-order valence-electron chi connectivity index (χ4n) is 3.65. The van der Waals surface area contributed by atoms with Gasteiger partial charge in [0.2, 0.25) is 0 Å². The van der Waals surface area contributed by atoms with Gasteiger partial charge in [-0.3, -0.25) is 4.98 Å². The molecule has 0 aliphatic carbocycles. The first kappa shape index (κ1) is 34.6. The van der Waals surface area contributed by atoms with Crippen molar-refractivity contribution < 1.29 is 37.9 Å². The van der Waals surface area contributed by atoms with Crippen LogP contribution in [0.15, 0.2) is 66.7 Å². The maximum absolute atomic E-state index is 5.67. The monoisotopic (exact) mass is 603 g/mol. The smallest absolute Gasteiger partial charge is 0.119 e. The first-order chi connectivity index (χ1) is 21.8. The van der Waals surface area contributed by atoms with Gasteiger partial charge in [0.15, 0.2) is 0 Å². The summed E-state index contributed by atoms with van der Waals surface area (Å²) in [6.45, 7) is 6.52. The Morgan fingerprint density at radius 2 is 0.773 bits per heavy atom. The Labute approximate surface area is 260 Å². The van der Waals surface area contributed by atoms with Crippen LogP contribution in [0.1, 0.15) is 22.5 Å². The lowest BCUT2D eigenvalue weighted by molar-refractivity contribution is 0.00416. The van der Waals surface area contributed by atoms with E-state index in [4.69, 9.17) is 50.7 Å². The molecule has 0 spiro atoms. The zero-order chi connectivity index (χ0) is 30.9. The predicted molar refractivity (Wildman–Crippen MR) is 167 cm³/mol. The summed E-state index contributed by atoms with van der Waals surface area (Å²) in [5.74, 6) is 6.68. The highest BCUT2D eigenvalue weighted by Gasteiger charge is 2.01. The minimum atomic E-state index is 0.402. The number of hydrogen-bond acceptors (Lipinski definition) is 9. The van der Waals surface area contributed by atoms with Gasteiger partial charge in [-0.25, -0.2) is 0 Å². The number of terminal acetylenes is 2. The van der Waals surface area contributed by atoms with Crippen molar-refractivity contribution in [1.82, 2.24) is 4.98 Å². The average Bonchev–Trinajstić information content (AvgIpc) is 3.07. The molecular formula is C35H41NO8. The van der Waals surface area contributed by atoms with Crippen LogP contribution in [0.2, 0.25) is 0 Å². The van der Waals surface area contributed by atoms with Crippen molar-refractivity contribution in [2.45, 2.75) is 13.2 Å². The van der Waals surface area contributed by atoms with Gasteiger partial charge in [0.25, 0.3) is 0 Å². The lowest BCUT2D eigenvalue weighted by Crippen LogP contribution is -2.13. The summed E-state index contributed by atoms with van der Waals surface area (Å²) in [5, 5.41) is 0. The molecular weight excluding hydrogens is 562 g/mol. The van der Waals surface area contributed by atoms with Gasteiger partial charge in [-0.2, -0.15) is 0 Å². The first-order valence-electron chi connectivity index (χ1n) is 14.6. The molecule has 9 nitrogen and oxygen atoms in total. The molecule has 1 heterocycles. The topological polar surface area (TPSA) is 86.7 Å². The molecule has 234 valence electrons. The molecule has 0 unspecified atom stereocenters. The van der Waals surface area contributed by atoms with Crippen LogP contribution in [0.4, 0.5) is 0 Å². The zero-order valence-corrected chi connectivity index (χ0v) is 25.1. The van der Waals surface area contributed by atoms with Crippen LogP contribution in [-0.2, 0) is 41.6 Å². The summed E-state index contributed by atoms with van der Waals surface area (Å²) < 4.78 is 44.7. The predicted octanol–water partition coefficient (Wildman–Crippen LogP) is 4.30. The molecule has 0 N–H and O–H groups in total. The van der Waals surface area contributed by atoms with Crippen LogP contribution in [0.25, 0.3) is 0 Å². The van der Waals surface area contributed by atoms with Crippen LogP contribution in [-0.4, -0.2) is 84.3 Å². The number of ether oxygens (including phenoxy) is 8. The second-order valence-corrected chi connectivity index (χ2v) is 9.21. The summed E-state index contributed by atoms with van der Waals surface area (Å²) in [6.07, 6.45) is 10.7. The van der Waals surface area contributed by atoms with Crippen LogP contribution in [0, 0.1) is 24.7 Å². The Morgan fingerprint density at radius 1 is 0.432 bits per heavy atom. The maximum Gasteiger partial charge on any atom is 0.119 e. The number of hydrogen-bond donors (Lipinski definition) is 0. The molecule has 0 amide bonds.